The minimum absolute atomic E-state index is 0.221. The molecule has 1 atom stereocenters. The van der Waals surface area contributed by atoms with Gasteiger partial charge in [-0.15, -0.1) is 0 Å². The van der Waals surface area contributed by atoms with E-state index in [-0.39, 0.29) is 5.57 Å². The number of esters is 1. The summed E-state index contributed by atoms with van der Waals surface area (Å²) < 4.78 is 5.07. The maximum absolute atomic E-state index is 10.9. The average Bonchev–Trinajstić information content (AvgIpc) is 2.26. The second-order valence-electron chi connectivity index (χ2n) is 3.54. The Morgan fingerprint density at radius 2 is 2.00 bits per heavy atom. The van der Waals surface area contributed by atoms with Crippen LogP contribution in [0.15, 0.2) is 36.4 Å². The van der Waals surface area contributed by atoms with Crippen LogP contribution in [0.5, 0.6) is 0 Å². The fourth-order valence-electron chi connectivity index (χ4n) is 1.31. The number of hydrogen-bond acceptors (Lipinski definition) is 3. The Hall–Kier alpha value is -2.08. The van der Waals surface area contributed by atoms with Crippen LogP contribution >= 0.6 is 0 Å². The van der Waals surface area contributed by atoms with Crippen LogP contribution in [0.25, 0.3) is 0 Å². The Morgan fingerprint density at radius 1 is 1.44 bits per heavy atom. The topological polar surface area (TPSA) is 50.1 Å². The lowest BCUT2D eigenvalue weighted by molar-refractivity contribution is -0.144. The molecule has 1 aromatic rings. The first kappa shape index (κ1) is 12.0. The van der Waals surface area contributed by atoms with Crippen molar-refractivity contribution < 1.29 is 9.53 Å². The molecule has 0 fully saturated rings. The molecule has 3 heteroatoms. The monoisotopic (exact) mass is 215 g/mol. The summed E-state index contributed by atoms with van der Waals surface area (Å²) in [4.78, 5) is 10.9. The number of carbonyl (C=O) groups excluding carboxylic acids is 1. The summed E-state index contributed by atoms with van der Waals surface area (Å²) in [5, 5.41) is 8.79. The fraction of sp³-hybridized carbons (Fsp3) is 0.231. The molecule has 0 aliphatic rings. The van der Waals surface area contributed by atoms with E-state index in [0.29, 0.717) is 0 Å². The molecule has 0 N–H and O–H groups in total. The zero-order chi connectivity index (χ0) is 12.1. The molecule has 0 aliphatic heterocycles. The van der Waals surface area contributed by atoms with E-state index in [1.807, 2.05) is 37.3 Å². The molecule has 0 spiro atoms. The summed E-state index contributed by atoms with van der Waals surface area (Å²) in [7, 11) is 0. The normalized spacial score (nSPS) is 11.3. The smallest absolute Gasteiger partial charge is 0.303 e. The predicted octanol–water partition coefficient (Wildman–Crippen LogP) is 2.68. The van der Waals surface area contributed by atoms with Gasteiger partial charge in [-0.2, -0.15) is 5.26 Å². The van der Waals surface area contributed by atoms with Gasteiger partial charge in [0.25, 0.3) is 0 Å². The van der Waals surface area contributed by atoms with E-state index in [1.165, 1.54) is 6.92 Å². The largest absolute Gasteiger partial charge is 0.452 e. The lowest BCUT2D eigenvalue weighted by Crippen LogP contribution is -2.09. The molecule has 1 aromatic carbocycles. The highest BCUT2D eigenvalue weighted by Crippen LogP contribution is 2.24. The van der Waals surface area contributed by atoms with Crippen LogP contribution in [0.1, 0.15) is 24.2 Å². The molecule has 0 heterocycles. The van der Waals surface area contributed by atoms with E-state index in [4.69, 9.17) is 10.00 Å². The molecular formula is C13H13NO2. The summed E-state index contributed by atoms with van der Waals surface area (Å²) in [6.07, 6.45) is -0.678. The molecule has 0 aliphatic carbocycles. The van der Waals surface area contributed by atoms with Crippen molar-refractivity contribution in [2.45, 2.75) is 20.0 Å². The van der Waals surface area contributed by atoms with E-state index in [2.05, 4.69) is 6.58 Å². The fourth-order valence-corrected chi connectivity index (χ4v) is 1.31. The lowest BCUT2D eigenvalue weighted by atomic mass is 10.0. The van der Waals surface area contributed by atoms with Crippen molar-refractivity contribution in [1.82, 2.24) is 0 Å². The number of aryl methyl sites for hydroxylation is 1. The summed E-state index contributed by atoms with van der Waals surface area (Å²) in [6, 6.07) is 9.36. The second kappa shape index (κ2) is 5.13. The van der Waals surface area contributed by atoms with Crippen LogP contribution in [-0.2, 0) is 9.53 Å². The van der Waals surface area contributed by atoms with Crippen LogP contribution in [0.4, 0.5) is 0 Å². The summed E-state index contributed by atoms with van der Waals surface area (Å²) in [5.74, 6) is -0.429. The molecule has 0 unspecified atom stereocenters. The molecule has 0 bridgehead atoms. The zero-order valence-electron chi connectivity index (χ0n) is 9.36. The van der Waals surface area contributed by atoms with Crippen molar-refractivity contribution in [3.05, 3.63) is 47.5 Å². The van der Waals surface area contributed by atoms with Crippen molar-refractivity contribution in [3.8, 4) is 6.07 Å². The Labute approximate surface area is 95.0 Å². The van der Waals surface area contributed by atoms with E-state index < -0.39 is 12.1 Å². The van der Waals surface area contributed by atoms with Gasteiger partial charge in [0.15, 0.2) is 6.10 Å². The van der Waals surface area contributed by atoms with Crippen LogP contribution in [0, 0.1) is 18.3 Å². The Bertz CT molecular complexity index is 440. The SMILES string of the molecule is C=C(C#N)[C@@H](OC(C)=O)c1ccc(C)cc1. The van der Waals surface area contributed by atoms with Gasteiger partial charge < -0.3 is 4.74 Å². The maximum atomic E-state index is 10.9. The number of carbonyl (C=O) groups is 1. The first-order valence-electron chi connectivity index (χ1n) is 4.87. The van der Waals surface area contributed by atoms with Gasteiger partial charge in [0, 0.05) is 6.92 Å². The van der Waals surface area contributed by atoms with Gasteiger partial charge in [0.2, 0.25) is 0 Å². The van der Waals surface area contributed by atoms with Crippen molar-refractivity contribution >= 4 is 5.97 Å². The highest BCUT2D eigenvalue weighted by molar-refractivity contribution is 5.67. The number of ether oxygens (including phenoxy) is 1. The van der Waals surface area contributed by atoms with Crippen LogP contribution < -0.4 is 0 Å². The number of rotatable bonds is 3. The molecule has 1 rings (SSSR count). The van der Waals surface area contributed by atoms with Gasteiger partial charge in [-0.3, -0.25) is 4.79 Å². The van der Waals surface area contributed by atoms with Gasteiger partial charge >= 0.3 is 5.97 Å². The number of nitriles is 1. The molecule has 0 amide bonds. The Morgan fingerprint density at radius 3 is 2.44 bits per heavy atom. The molecule has 82 valence electrons. The van der Waals surface area contributed by atoms with E-state index in [0.717, 1.165) is 11.1 Å². The van der Waals surface area contributed by atoms with E-state index in [9.17, 15) is 4.79 Å². The minimum Gasteiger partial charge on any atom is -0.452 e. The third-order valence-corrected chi connectivity index (χ3v) is 2.12. The van der Waals surface area contributed by atoms with Gasteiger partial charge in [0.05, 0.1) is 11.6 Å². The van der Waals surface area contributed by atoms with Crippen molar-refractivity contribution in [2.75, 3.05) is 0 Å². The molecule has 0 saturated heterocycles. The van der Waals surface area contributed by atoms with Gasteiger partial charge in [-0.05, 0) is 12.5 Å². The predicted molar refractivity (Wildman–Crippen MR) is 60.4 cm³/mol. The second-order valence-corrected chi connectivity index (χ2v) is 3.54. The maximum Gasteiger partial charge on any atom is 0.303 e. The lowest BCUT2D eigenvalue weighted by Gasteiger charge is -2.15. The Kier molecular flexibility index (Phi) is 3.84. The van der Waals surface area contributed by atoms with Crippen LogP contribution in [-0.4, -0.2) is 5.97 Å². The third-order valence-electron chi connectivity index (χ3n) is 2.12. The quantitative estimate of drug-likeness (QED) is 0.575. The highest BCUT2D eigenvalue weighted by atomic mass is 16.5. The van der Waals surface area contributed by atoms with Crippen molar-refractivity contribution in [1.29, 1.82) is 5.26 Å². The summed E-state index contributed by atoms with van der Waals surface area (Å²) in [5.41, 5.74) is 2.08. The van der Waals surface area contributed by atoms with Crippen molar-refractivity contribution in [3.63, 3.8) is 0 Å². The summed E-state index contributed by atoms with van der Waals surface area (Å²) >= 11 is 0. The first-order valence-corrected chi connectivity index (χ1v) is 4.87. The first-order chi connectivity index (χ1) is 7.54. The number of benzene rings is 1. The summed E-state index contributed by atoms with van der Waals surface area (Å²) in [6.45, 7) is 6.86. The molecule has 0 radical (unpaired) electrons. The van der Waals surface area contributed by atoms with E-state index in [1.54, 1.807) is 0 Å². The number of hydrogen-bond donors (Lipinski definition) is 0. The molecular weight excluding hydrogens is 202 g/mol. The standard InChI is InChI=1S/C13H13NO2/c1-9-4-6-12(7-5-9)13(10(2)8-14)16-11(3)15/h4-7,13H,2H2,1,3H3/t13-/m1/s1. The minimum atomic E-state index is -0.678. The third kappa shape index (κ3) is 2.96. The van der Waals surface area contributed by atoms with Gasteiger partial charge in [-0.1, -0.05) is 36.4 Å². The van der Waals surface area contributed by atoms with Crippen LogP contribution in [0.2, 0.25) is 0 Å². The van der Waals surface area contributed by atoms with Crippen molar-refractivity contribution in [2.24, 2.45) is 0 Å². The molecule has 0 aromatic heterocycles. The Balaban J connectivity index is 3.01. The molecule has 0 saturated carbocycles. The van der Waals surface area contributed by atoms with Crippen LogP contribution in [0.3, 0.4) is 0 Å². The molecule has 16 heavy (non-hydrogen) atoms. The van der Waals surface area contributed by atoms with Gasteiger partial charge in [0.1, 0.15) is 0 Å². The highest BCUT2D eigenvalue weighted by Gasteiger charge is 2.17. The van der Waals surface area contributed by atoms with E-state index >= 15 is 0 Å². The average molecular weight is 215 g/mol. The number of nitrogens with zero attached hydrogens (tertiary/aromatic N) is 1. The zero-order valence-corrected chi connectivity index (χ0v) is 9.36. The molecule has 3 nitrogen and oxygen atoms in total. The van der Waals surface area contributed by atoms with Gasteiger partial charge in [-0.25, -0.2) is 0 Å².